The Bertz CT molecular complexity index is 492. The van der Waals surface area contributed by atoms with Crippen molar-refractivity contribution in [1.82, 2.24) is 0 Å². The Kier molecular flexibility index (Phi) is 5.60. The molecule has 1 aliphatic rings. The molecule has 0 fully saturated rings. The molecule has 2 nitrogen and oxygen atoms in total. The summed E-state index contributed by atoms with van der Waals surface area (Å²) >= 11 is 0. The van der Waals surface area contributed by atoms with E-state index in [1.165, 1.54) is 16.7 Å². The summed E-state index contributed by atoms with van der Waals surface area (Å²) in [5.74, 6) is 0.975. The van der Waals surface area contributed by atoms with Gasteiger partial charge in [0.15, 0.2) is 0 Å². The van der Waals surface area contributed by atoms with E-state index < -0.39 is 6.10 Å². The number of allylic oxidation sites excluding steroid dienone is 1. The SMILES string of the molecule is CCC(O)CC(O)CCC1c2ccc(C)cc2C=CC1C. The van der Waals surface area contributed by atoms with Crippen molar-refractivity contribution in [2.45, 2.75) is 64.6 Å². The van der Waals surface area contributed by atoms with Crippen LogP contribution < -0.4 is 0 Å². The minimum atomic E-state index is -0.396. The molecule has 2 heteroatoms. The zero-order chi connectivity index (χ0) is 15.4. The number of benzene rings is 1. The molecular formula is C19H28O2. The average Bonchev–Trinajstić information content (AvgIpc) is 2.46. The van der Waals surface area contributed by atoms with Crippen LogP contribution in [-0.2, 0) is 0 Å². The lowest BCUT2D eigenvalue weighted by Gasteiger charge is -2.29. The van der Waals surface area contributed by atoms with Crippen LogP contribution in [0.5, 0.6) is 0 Å². The molecule has 1 aromatic carbocycles. The maximum Gasteiger partial charge on any atom is 0.0565 e. The Hall–Kier alpha value is -1.12. The Balaban J connectivity index is 2.01. The van der Waals surface area contributed by atoms with Crippen molar-refractivity contribution in [2.24, 2.45) is 5.92 Å². The van der Waals surface area contributed by atoms with Gasteiger partial charge in [-0.1, -0.05) is 49.8 Å². The molecule has 4 atom stereocenters. The minimum absolute atomic E-state index is 0.376. The van der Waals surface area contributed by atoms with Gasteiger partial charge in [0, 0.05) is 0 Å². The number of fused-ring (bicyclic) bond motifs is 1. The third-order valence-corrected chi connectivity index (χ3v) is 4.68. The molecular weight excluding hydrogens is 260 g/mol. The van der Waals surface area contributed by atoms with Crippen molar-refractivity contribution < 1.29 is 10.2 Å². The van der Waals surface area contributed by atoms with E-state index in [1.807, 2.05) is 6.92 Å². The van der Waals surface area contributed by atoms with Gasteiger partial charge >= 0.3 is 0 Å². The molecule has 0 radical (unpaired) electrons. The highest BCUT2D eigenvalue weighted by molar-refractivity contribution is 5.59. The lowest BCUT2D eigenvalue weighted by Crippen LogP contribution is -2.20. The monoisotopic (exact) mass is 288 g/mol. The van der Waals surface area contributed by atoms with Gasteiger partial charge in [-0.25, -0.2) is 0 Å². The first-order valence-electron chi connectivity index (χ1n) is 8.16. The lowest BCUT2D eigenvalue weighted by atomic mass is 9.77. The summed E-state index contributed by atoms with van der Waals surface area (Å²) in [7, 11) is 0. The van der Waals surface area contributed by atoms with Gasteiger partial charge in [-0.3, -0.25) is 0 Å². The van der Waals surface area contributed by atoms with E-state index in [0.717, 1.165) is 12.8 Å². The Morgan fingerprint density at radius 3 is 2.67 bits per heavy atom. The van der Waals surface area contributed by atoms with Gasteiger partial charge in [0.2, 0.25) is 0 Å². The summed E-state index contributed by atoms with van der Waals surface area (Å²) in [5.41, 5.74) is 4.01. The molecule has 4 unspecified atom stereocenters. The van der Waals surface area contributed by atoms with Gasteiger partial charge in [-0.2, -0.15) is 0 Å². The summed E-state index contributed by atoms with van der Waals surface area (Å²) in [5, 5.41) is 19.7. The molecule has 2 rings (SSSR count). The van der Waals surface area contributed by atoms with Crippen molar-refractivity contribution in [3.63, 3.8) is 0 Å². The quantitative estimate of drug-likeness (QED) is 0.829. The molecule has 0 amide bonds. The average molecular weight is 288 g/mol. The summed E-state index contributed by atoms with van der Waals surface area (Å²) in [4.78, 5) is 0. The number of hydrogen-bond acceptors (Lipinski definition) is 2. The van der Waals surface area contributed by atoms with E-state index in [-0.39, 0.29) is 6.10 Å². The van der Waals surface area contributed by atoms with Gasteiger partial charge < -0.3 is 10.2 Å². The number of aryl methyl sites for hydroxylation is 1. The summed E-state index contributed by atoms with van der Waals surface area (Å²) in [6.45, 7) is 6.32. The van der Waals surface area contributed by atoms with Crippen molar-refractivity contribution in [3.05, 3.63) is 41.0 Å². The van der Waals surface area contributed by atoms with Crippen molar-refractivity contribution >= 4 is 6.08 Å². The molecule has 1 aromatic rings. The van der Waals surface area contributed by atoms with Crippen LogP contribution in [0.25, 0.3) is 6.08 Å². The Morgan fingerprint density at radius 1 is 1.19 bits per heavy atom. The third-order valence-electron chi connectivity index (χ3n) is 4.68. The fourth-order valence-corrected chi connectivity index (χ4v) is 3.24. The number of hydrogen-bond donors (Lipinski definition) is 2. The second kappa shape index (κ2) is 7.24. The van der Waals surface area contributed by atoms with Gasteiger partial charge in [0.1, 0.15) is 0 Å². The van der Waals surface area contributed by atoms with Crippen LogP contribution in [0.4, 0.5) is 0 Å². The summed E-state index contributed by atoms with van der Waals surface area (Å²) < 4.78 is 0. The predicted octanol–water partition coefficient (Wildman–Crippen LogP) is 4.04. The maximum absolute atomic E-state index is 10.1. The number of aliphatic hydroxyl groups is 2. The highest BCUT2D eigenvalue weighted by Crippen LogP contribution is 2.38. The van der Waals surface area contributed by atoms with Crippen LogP contribution in [0.15, 0.2) is 24.3 Å². The molecule has 0 saturated carbocycles. The maximum atomic E-state index is 10.1. The molecule has 0 bridgehead atoms. The second-order valence-corrected chi connectivity index (χ2v) is 6.49. The van der Waals surface area contributed by atoms with E-state index >= 15 is 0 Å². The zero-order valence-electron chi connectivity index (χ0n) is 13.4. The van der Waals surface area contributed by atoms with Crippen LogP contribution in [0.3, 0.4) is 0 Å². The Labute approximate surface area is 128 Å². The van der Waals surface area contributed by atoms with Crippen LogP contribution in [-0.4, -0.2) is 22.4 Å². The van der Waals surface area contributed by atoms with Crippen LogP contribution >= 0.6 is 0 Å². The van der Waals surface area contributed by atoms with E-state index in [4.69, 9.17) is 0 Å². The second-order valence-electron chi connectivity index (χ2n) is 6.49. The first-order chi connectivity index (χ1) is 10.0. The molecule has 21 heavy (non-hydrogen) atoms. The standard InChI is InChI=1S/C19H28O2/c1-4-16(20)12-17(21)8-10-18-14(3)6-7-15-11-13(2)5-9-19(15)18/h5-7,9,11,14,16-18,20-21H,4,8,10,12H2,1-3H3. The predicted molar refractivity (Wildman–Crippen MR) is 88.3 cm³/mol. The molecule has 0 heterocycles. The molecule has 116 valence electrons. The molecule has 0 aromatic heterocycles. The van der Waals surface area contributed by atoms with Crippen LogP contribution in [0.1, 0.15) is 62.1 Å². The minimum Gasteiger partial charge on any atom is -0.393 e. The van der Waals surface area contributed by atoms with E-state index in [1.54, 1.807) is 0 Å². The van der Waals surface area contributed by atoms with Crippen molar-refractivity contribution in [3.8, 4) is 0 Å². The van der Waals surface area contributed by atoms with Crippen LogP contribution in [0.2, 0.25) is 0 Å². The fourth-order valence-electron chi connectivity index (χ4n) is 3.24. The zero-order valence-corrected chi connectivity index (χ0v) is 13.4. The molecule has 2 N–H and O–H groups in total. The van der Waals surface area contributed by atoms with Gasteiger partial charge in [0.05, 0.1) is 12.2 Å². The number of aliphatic hydroxyl groups excluding tert-OH is 2. The number of rotatable bonds is 6. The largest absolute Gasteiger partial charge is 0.393 e. The van der Waals surface area contributed by atoms with Crippen LogP contribution in [0, 0.1) is 12.8 Å². The highest BCUT2D eigenvalue weighted by Gasteiger charge is 2.24. The van der Waals surface area contributed by atoms with E-state index in [0.29, 0.717) is 24.7 Å². The van der Waals surface area contributed by atoms with Gasteiger partial charge in [0.25, 0.3) is 0 Å². The van der Waals surface area contributed by atoms with Gasteiger partial charge in [-0.05, 0) is 55.6 Å². The smallest absolute Gasteiger partial charge is 0.0565 e. The first kappa shape index (κ1) is 16.3. The summed E-state index contributed by atoms with van der Waals surface area (Å²) in [6.07, 6.45) is 6.66. The first-order valence-corrected chi connectivity index (χ1v) is 8.16. The Morgan fingerprint density at radius 2 is 1.95 bits per heavy atom. The fraction of sp³-hybridized carbons (Fsp3) is 0.579. The van der Waals surface area contributed by atoms with Crippen molar-refractivity contribution in [1.29, 1.82) is 0 Å². The summed E-state index contributed by atoms with van der Waals surface area (Å²) in [6, 6.07) is 6.65. The van der Waals surface area contributed by atoms with E-state index in [2.05, 4.69) is 44.2 Å². The molecule has 0 saturated heterocycles. The normalized spacial score (nSPS) is 23.7. The van der Waals surface area contributed by atoms with Crippen molar-refractivity contribution in [2.75, 3.05) is 0 Å². The topological polar surface area (TPSA) is 40.5 Å². The molecule has 0 spiro atoms. The highest BCUT2D eigenvalue weighted by atomic mass is 16.3. The molecule has 0 aliphatic heterocycles. The van der Waals surface area contributed by atoms with E-state index in [9.17, 15) is 10.2 Å². The molecule has 1 aliphatic carbocycles. The third kappa shape index (κ3) is 4.18. The lowest BCUT2D eigenvalue weighted by molar-refractivity contribution is 0.0707. The van der Waals surface area contributed by atoms with Gasteiger partial charge in [-0.15, -0.1) is 0 Å².